The highest BCUT2D eigenvalue weighted by Crippen LogP contribution is 2.36. The summed E-state index contributed by atoms with van der Waals surface area (Å²) in [7, 11) is 0. The van der Waals surface area contributed by atoms with Crippen molar-refractivity contribution in [1.82, 2.24) is 4.98 Å². The van der Waals surface area contributed by atoms with Crippen LogP contribution in [0.4, 0.5) is 4.39 Å². The number of benzene rings is 1. The predicted octanol–water partition coefficient (Wildman–Crippen LogP) is 3.75. The predicted molar refractivity (Wildman–Crippen MR) is 65.1 cm³/mol. The standard InChI is InChI=1S/C12H8Cl2FNO/c13-7-1-2-8(15)12-10(7)11(14)6-5-17-4-3-9(6)16-12/h1-2H,3-5H2. The molecule has 1 aromatic carbocycles. The van der Waals surface area contributed by atoms with Gasteiger partial charge in [-0.05, 0) is 12.1 Å². The molecule has 1 aliphatic heterocycles. The quantitative estimate of drug-likeness (QED) is 0.728. The molecule has 2 nitrogen and oxygen atoms in total. The number of rotatable bonds is 0. The summed E-state index contributed by atoms with van der Waals surface area (Å²) in [5.74, 6) is -0.402. The molecule has 0 saturated carbocycles. The largest absolute Gasteiger partial charge is 0.376 e. The number of pyridine rings is 1. The van der Waals surface area contributed by atoms with Crippen molar-refractivity contribution in [3.05, 3.63) is 39.3 Å². The van der Waals surface area contributed by atoms with E-state index in [1.165, 1.54) is 12.1 Å². The SMILES string of the molecule is Fc1ccc(Cl)c2c(Cl)c3c(nc12)CCOC3. The highest BCUT2D eigenvalue weighted by molar-refractivity contribution is 6.42. The van der Waals surface area contributed by atoms with Gasteiger partial charge in [0.05, 0.1) is 29.0 Å². The maximum Gasteiger partial charge on any atom is 0.149 e. The van der Waals surface area contributed by atoms with Crippen LogP contribution >= 0.6 is 23.2 Å². The van der Waals surface area contributed by atoms with Crippen molar-refractivity contribution in [2.24, 2.45) is 0 Å². The van der Waals surface area contributed by atoms with E-state index < -0.39 is 5.82 Å². The molecule has 17 heavy (non-hydrogen) atoms. The number of hydrogen-bond donors (Lipinski definition) is 0. The van der Waals surface area contributed by atoms with Crippen LogP contribution in [0.3, 0.4) is 0 Å². The maximum atomic E-state index is 13.7. The summed E-state index contributed by atoms with van der Waals surface area (Å²) in [6, 6.07) is 2.79. The Labute approximate surface area is 107 Å². The summed E-state index contributed by atoms with van der Waals surface area (Å²) in [6.07, 6.45) is 0.650. The van der Waals surface area contributed by atoms with Gasteiger partial charge in [-0.15, -0.1) is 0 Å². The molecule has 2 heterocycles. The lowest BCUT2D eigenvalue weighted by atomic mass is 10.1. The molecule has 1 aliphatic rings. The van der Waals surface area contributed by atoms with Crippen LogP contribution in [0.15, 0.2) is 12.1 Å². The summed E-state index contributed by atoms with van der Waals surface area (Å²) in [4.78, 5) is 4.31. The van der Waals surface area contributed by atoms with E-state index in [0.717, 1.165) is 11.3 Å². The highest BCUT2D eigenvalue weighted by atomic mass is 35.5. The molecule has 0 atom stereocenters. The van der Waals surface area contributed by atoms with Crippen LogP contribution in [0.1, 0.15) is 11.3 Å². The van der Waals surface area contributed by atoms with E-state index in [-0.39, 0.29) is 5.52 Å². The third-order valence-corrected chi connectivity index (χ3v) is 3.62. The Morgan fingerprint density at radius 3 is 2.94 bits per heavy atom. The first-order valence-corrected chi connectivity index (χ1v) is 5.97. The van der Waals surface area contributed by atoms with Gasteiger partial charge in [0.2, 0.25) is 0 Å². The Morgan fingerprint density at radius 2 is 2.12 bits per heavy atom. The fraction of sp³-hybridized carbons (Fsp3) is 0.250. The molecule has 5 heteroatoms. The number of halogens is 3. The minimum atomic E-state index is -0.402. The van der Waals surface area contributed by atoms with E-state index in [0.29, 0.717) is 35.1 Å². The Balaban J connectivity index is 2.44. The smallest absolute Gasteiger partial charge is 0.149 e. The Kier molecular flexibility index (Phi) is 2.69. The van der Waals surface area contributed by atoms with E-state index in [4.69, 9.17) is 27.9 Å². The summed E-state index contributed by atoms with van der Waals surface area (Å²) in [6.45, 7) is 0.994. The van der Waals surface area contributed by atoms with Crippen molar-refractivity contribution in [1.29, 1.82) is 0 Å². The molecular formula is C12H8Cl2FNO. The average molecular weight is 272 g/mol. The summed E-state index contributed by atoms with van der Waals surface area (Å²) in [5, 5.41) is 1.33. The third kappa shape index (κ3) is 1.69. The van der Waals surface area contributed by atoms with Crippen LogP contribution in [0.2, 0.25) is 10.0 Å². The van der Waals surface area contributed by atoms with E-state index in [1.54, 1.807) is 0 Å². The van der Waals surface area contributed by atoms with E-state index in [9.17, 15) is 4.39 Å². The Hall–Kier alpha value is -0.900. The fourth-order valence-corrected chi connectivity index (χ4v) is 2.69. The number of fused-ring (bicyclic) bond motifs is 2. The maximum absolute atomic E-state index is 13.7. The third-order valence-electron chi connectivity index (χ3n) is 2.89. The van der Waals surface area contributed by atoms with Crippen LogP contribution in [0.25, 0.3) is 10.9 Å². The topological polar surface area (TPSA) is 22.1 Å². The second-order valence-corrected chi connectivity index (χ2v) is 4.69. The summed E-state index contributed by atoms with van der Waals surface area (Å²) in [5.41, 5.74) is 1.86. The molecule has 3 rings (SSSR count). The molecule has 0 fully saturated rings. The van der Waals surface area contributed by atoms with Crippen molar-refractivity contribution in [3.8, 4) is 0 Å². The molecule has 0 aliphatic carbocycles. The fourth-order valence-electron chi connectivity index (χ4n) is 2.04. The van der Waals surface area contributed by atoms with Gasteiger partial charge >= 0.3 is 0 Å². The lowest BCUT2D eigenvalue weighted by molar-refractivity contribution is 0.109. The molecule has 0 spiro atoms. The number of aromatic nitrogens is 1. The zero-order valence-corrected chi connectivity index (χ0v) is 10.3. The second kappa shape index (κ2) is 4.09. The van der Waals surface area contributed by atoms with Crippen molar-refractivity contribution in [3.63, 3.8) is 0 Å². The van der Waals surface area contributed by atoms with Gasteiger partial charge in [0.25, 0.3) is 0 Å². The van der Waals surface area contributed by atoms with Gasteiger partial charge in [-0.1, -0.05) is 23.2 Å². The van der Waals surface area contributed by atoms with Gasteiger partial charge < -0.3 is 4.74 Å². The van der Waals surface area contributed by atoms with Crippen molar-refractivity contribution in [2.45, 2.75) is 13.0 Å². The molecule has 0 radical (unpaired) electrons. The molecule has 88 valence electrons. The van der Waals surface area contributed by atoms with Gasteiger partial charge in [0.1, 0.15) is 11.3 Å². The molecule has 0 unspecified atom stereocenters. The van der Waals surface area contributed by atoms with Crippen LogP contribution < -0.4 is 0 Å². The Bertz CT molecular complexity index is 615. The minimum absolute atomic E-state index is 0.239. The highest BCUT2D eigenvalue weighted by Gasteiger charge is 2.20. The van der Waals surface area contributed by atoms with Crippen molar-refractivity contribution in [2.75, 3.05) is 6.61 Å². The lowest BCUT2D eigenvalue weighted by Crippen LogP contribution is -2.13. The van der Waals surface area contributed by atoms with E-state index in [1.807, 2.05) is 0 Å². The monoisotopic (exact) mass is 271 g/mol. The van der Waals surface area contributed by atoms with Crippen LogP contribution in [0.5, 0.6) is 0 Å². The number of nitrogens with zero attached hydrogens (tertiary/aromatic N) is 1. The molecule has 0 amide bonds. The number of hydrogen-bond acceptors (Lipinski definition) is 2. The Morgan fingerprint density at radius 1 is 1.29 bits per heavy atom. The minimum Gasteiger partial charge on any atom is -0.376 e. The molecule has 1 aromatic heterocycles. The van der Waals surface area contributed by atoms with Gasteiger partial charge in [-0.2, -0.15) is 0 Å². The molecular weight excluding hydrogens is 264 g/mol. The van der Waals surface area contributed by atoms with Crippen LogP contribution in [0, 0.1) is 5.82 Å². The lowest BCUT2D eigenvalue weighted by Gasteiger charge is -2.18. The van der Waals surface area contributed by atoms with E-state index >= 15 is 0 Å². The molecule has 0 saturated heterocycles. The second-order valence-electron chi connectivity index (χ2n) is 3.91. The van der Waals surface area contributed by atoms with Crippen molar-refractivity contribution < 1.29 is 9.13 Å². The van der Waals surface area contributed by atoms with Gasteiger partial charge in [0.15, 0.2) is 0 Å². The average Bonchev–Trinajstić information content (AvgIpc) is 2.34. The van der Waals surface area contributed by atoms with Gasteiger partial charge in [-0.25, -0.2) is 9.37 Å². The van der Waals surface area contributed by atoms with Gasteiger partial charge in [0, 0.05) is 17.4 Å². The van der Waals surface area contributed by atoms with Crippen molar-refractivity contribution >= 4 is 34.1 Å². The van der Waals surface area contributed by atoms with Gasteiger partial charge in [-0.3, -0.25) is 0 Å². The summed E-state index contributed by atoms with van der Waals surface area (Å²) < 4.78 is 19.0. The van der Waals surface area contributed by atoms with Crippen LogP contribution in [-0.2, 0) is 17.8 Å². The first kappa shape index (κ1) is 11.2. The zero-order chi connectivity index (χ0) is 12.0. The molecule has 2 aromatic rings. The first-order chi connectivity index (χ1) is 8.18. The first-order valence-electron chi connectivity index (χ1n) is 5.21. The zero-order valence-electron chi connectivity index (χ0n) is 8.77. The summed E-state index contributed by atoms with van der Waals surface area (Å²) >= 11 is 12.3. The normalized spacial score (nSPS) is 15.0. The van der Waals surface area contributed by atoms with E-state index in [2.05, 4.69) is 4.98 Å². The van der Waals surface area contributed by atoms with Crippen LogP contribution in [-0.4, -0.2) is 11.6 Å². The number of ether oxygens (including phenoxy) is 1. The molecule has 0 N–H and O–H groups in total. The molecule has 0 bridgehead atoms.